The van der Waals surface area contributed by atoms with Crippen LogP contribution in [0, 0.1) is 5.92 Å². The van der Waals surface area contributed by atoms with Crippen molar-refractivity contribution in [1.82, 2.24) is 5.48 Å². The van der Waals surface area contributed by atoms with Crippen molar-refractivity contribution in [2.75, 3.05) is 18.2 Å². The van der Waals surface area contributed by atoms with E-state index >= 15 is 0 Å². The second kappa shape index (κ2) is 11.8. The third-order valence-corrected chi connectivity index (χ3v) is 7.47. The SMILES string of the molecule is Cl.O=P(CC1CCCCC1)(C[C@H](O)CCl)ONCc1ccc(Cl)cc1. The van der Waals surface area contributed by atoms with Gasteiger partial charge in [-0.3, -0.25) is 4.57 Å². The van der Waals surface area contributed by atoms with E-state index in [0.717, 1.165) is 18.4 Å². The summed E-state index contributed by atoms with van der Waals surface area (Å²) in [5.41, 5.74) is 3.81. The molecule has 0 amide bonds. The van der Waals surface area contributed by atoms with Crippen LogP contribution >= 0.6 is 43.0 Å². The van der Waals surface area contributed by atoms with Gasteiger partial charge in [-0.25, -0.2) is 4.62 Å². The smallest absolute Gasteiger partial charge is 0.223 e. The lowest BCUT2D eigenvalue weighted by Crippen LogP contribution is -2.24. The van der Waals surface area contributed by atoms with Crippen molar-refractivity contribution in [3.8, 4) is 0 Å². The first kappa shape index (κ1) is 23.2. The molecule has 1 unspecified atom stereocenters. The van der Waals surface area contributed by atoms with Crippen molar-refractivity contribution >= 4 is 43.0 Å². The van der Waals surface area contributed by atoms with Crippen LogP contribution in [0.15, 0.2) is 24.3 Å². The third-order valence-electron chi connectivity index (χ3n) is 4.35. The van der Waals surface area contributed by atoms with E-state index in [-0.39, 0.29) is 24.4 Å². The molecule has 0 radical (unpaired) electrons. The van der Waals surface area contributed by atoms with Gasteiger partial charge in [0.05, 0.1) is 12.3 Å². The summed E-state index contributed by atoms with van der Waals surface area (Å²) in [6, 6.07) is 7.38. The second-order valence-electron chi connectivity index (χ2n) is 6.53. The molecule has 1 aromatic carbocycles. The lowest BCUT2D eigenvalue weighted by atomic mass is 9.91. The molecular formula is C17H27Cl3NO3P. The third kappa shape index (κ3) is 8.62. The fraction of sp³-hybridized carbons (Fsp3) is 0.647. The molecule has 2 N–H and O–H groups in total. The van der Waals surface area contributed by atoms with Crippen molar-refractivity contribution in [3.63, 3.8) is 0 Å². The first-order chi connectivity index (χ1) is 11.5. The van der Waals surface area contributed by atoms with Crippen LogP contribution in [0.5, 0.6) is 0 Å². The molecule has 4 nitrogen and oxygen atoms in total. The first-order valence-corrected chi connectivity index (χ1v) is 11.4. The highest BCUT2D eigenvalue weighted by molar-refractivity contribution is 7.59. The zero-order valence-corrected chi connectivity index (χ0v) is 17.4. The van der Waals surface area contributed by atoms with E-state index in [0.29, 0.717) is 23.6 Å². The number of aliphatic hydroxyl groups excluding tert-OH is 1. The molecule has 8 heteroatoms. The summed E-state index contributed by atoms with van der Waals surface area (Å²) >= 11 is 11.5. The van der Waals surface area contributed by atoms with Crippen LogP contribution in [-0.4, -0.2) is 29.4 Å². The number of rotatable bonds is 9. The standard InChI is InChI=1S/C17H26Cl2NO3P.ClH/c18-10-17(21)13-24(22,12-15-4-2-1-3-5-15)23-20-11-14-6-8-16(19)9-7-14;/h6-9,15,17,20-21H,1-5,10-13H2;1H/t17-,24?;/m1./s1. The fourth-order valence-corrected chi connectivity index (χ4v) is 6.03. The number of hydroxylamine groups is 1. The molecule has 1 aliphatic carbocycles. The van der Waals surface area contributed by atoms with Crippen LogP contribution in [0.2, 0.25) is 5.02 Å². The molecule has 25 heavy (non-hydrogen) atoms. The molecule has 0 heterocycles. The molecule has 2 atom stereocenters. The van der Waals surface area contributed by atoms with E-state index in [9.17, 15) is 9.67 Å². The normalized spacial score (nSPS) is 19.0. The summed E-state index contributed by atoms with van der Waals surface area (Å²) in [5, 5.41) is 10.5. The summed E-state index contributed by atoms with van der Waals surface area (Å²) in [5.74, 6) is 0.472. The van der Waals surface area contributed by atoms with Gasteiger partial charge in [0.1, 0.15) is 0 Å². The number of alkyl halides is 1. The van der Waals surface area contributed by atoms with Gasteiger partial charge in [0.25, 0.3) is 0 Å². The van der Waals surface area contributed by atoms with Crippen LogP contribution in [0.1, 0.15) is 37.7 Å². The first-order valence-electron chi connectivity index (χ1n) is 8.49. The molecule has 1 fully saturated rings. The highest BCUT2D eigenvalue weighted by atomic mass is 35.5. The van der Waals surface area contributed by atoms with E-state index in [1.807, 2.05) is 12.1 Å². The average Bonchev–Trinajstić information content (AvgIpc) is 2.57. The van der Waals surface area contributed by atoms with E-state index in [4.69, 9.17) is 27.8 Å². The Morgan fingerprint density at radius 3 is 2.48 bits per heavy atom. The molecule has 144 valence electrons. The van der Waals surface area contributed by atoms with Gasteiger partial charge in [-0.2, -0.15) is 5.48 Å². The van der Waals surface area contributed by atoms with E-state index in [1.54, 1.807) is 12.1 Å². The lowest BCUT2D eigenvalue weighted by Gasteiger charge is -2.27. The summed E-state index contributed by atoms with van der Waals surface area (Å²) in [6.07, 6.45) is 5.58. The molecule has 1 aromatic rings. The average molecular weight is 431 g/mol. The maximum Gasteiger partial charge on any atom is 0.223 e. The Morgan fingerprint density at radius 2 is 1.88 bits per heavy atom. The minimum atomic E-state index is -2.98. The number of halogens is 3. The van der Waals surface area contributed by atoms with Gasteiger partial charge in [-0.05, 0) is 36.5 Å². The summed E-state index contributed by atoms with van der Waals surface area (Å²) in [7, 11) is -2.98. The van der Waals surface area contributed by atoms with Gasteiger partial charge in [0.15, 0.2) is 0 Å². The Kier molecular flexibility index (Phi) is 11.0. The minimum absolute atomic E-state index is 0. The molecule has 1 aliphatic rings. The Bertz CT molecular complexity index is 538. The van der Waals surface area contributed by atoms with Crippen molar-refractivity contribution in [1.29, 1.82) is 0 Å². The Hall–Kier alpha value is 0.200. The number of hydrogen-bond acceptors (Lipinski definition) is 4. The molecule has 0 saturated heterocycles. The van der Waals surface area contributed by atoms with Gasteiger partial charge in [0, 0.05) is 23.6 Å². The van der Waals surface area contributed by atoms with Gasteiger partial charge in [-0.15, -0.1) is 24.0 Å². The predicted octanol–water partition coefficient (Wildman–Crippen LogP) is 5.24. The lowest BCUT2D eigenvalue weighted by molar-refractivity contribution is 0.173. The van der Waals surface area contributed by atoms with Crippen molar-refractivity contribution < 1.29 is 14.3 Å². The van der Waals surface area contributed by atoms with E-state index in [1.165, 1.54) is 19.3 Å². The molecule has 0 aromatic heterocycles. The van der Waals surface area contributed by atoms with Gasteiger partial charge in [-0.1, -0.05) is 43.0 Å². The largest absolute Gasteiger partial charge is 0.391 e. The molecule has 2 rings (SSSR count). The monoisotopic (exact) mass is 429 g/mol. The fourth-order valence-electron chi connectivity index (χ4n) is 3.12. The summed E-state index contributed by atoms with van der Waals surface area (Å²) in [4.78, 5) is 0. The zero-order chi connectivity index (χ0) is 17.4. The molecule has 1 saturated carbocycles. The minimum Gasteiger partial charge on any atom is -0.391 e. The number of hydrogen-bond donors (Lipinski definition) is 2. The molecule has 0 spiro atoms. The van der Waals surface area contributed by atoms with Crippen LogP contribution in [0.25, 0.3) is 0 Å². The van der Waals surface area contributed by atoms with Gasteiger partial charge >= 0.3 is 0 Å². The van der Waals surface area contributed by atoms with Crippen molar-refractivity contribution in [3.05, 3.63) is 34.9 Å². The quantitative estimate of drug-likeness (QED) is 0.319. The Balaban J connectivity index is 0.00000312. The van der Waals surface area contributed by atoms with Gasteiger partial charge in [0.2, 0.25) is 7.37 Å². The van der Waals surface area contributed by atoms with Crippen LogP contribution in [0.3, 0.4) is 0 Å². The van der Waals surface area contributed by atoms with Crippen LogP contribution in [-0.2, 0) is 15.7 Å². The van der Waals surface area contributed by atoms with E-state index < -0.39 is 13.5 Å². The Morgan fingerprint density at radius 1 is 1.24 bits per heavy atom. The number of aliphatic hydroxyl groups is 1. The van der Waals surface area contributed by atoms with Crippen molar-refractivity contribution in [2.24, 2.45) is 5.92 Å². The maximum absolute atomic E-state index is 13.2. The summed E-state index contributed by atoms with van der Waals surface area (Å²) < 4.78 is 18.8. The van der Waals surface area contributed by atoms with Crippen molar-refractivity contribution in [2.45, 2.75) is 44.8 Å². The number of nitrogens with one attached hydrogen (secondary N) is 1. The highest BCUT2D eigenvalue weighted by Crippen LogP contribution is 2.50. The second-order valence-corrected chi connectivity index (χ2v) is 9.82. The van der Waals surface area contributed by atoms with Crippen LogP contribution < -0.4 is 5.48 Å². The molecule has 0 aliphatic heterocycles. The molecule has 0 bridgehead atoms. The topological polar surface area (TPSA) is 58.6 Å². The van der Waals surface area contributed by atoms with E-state index in [2.05, 4.69) is 5.48 Å². The predicted molar refractivity (Wildman–Crippen MR) is 107 cm³/mol. The highest BCUT2D eigenvalue weighted by Gasteiger charge is 2.31. The number of benzene rings is 1. The van der Waals surface area contributed by atoms with Crippen LogP contribution in [0.4, 0.5) is 0 Å². The summed E-state index contributed by atoms with van der Waals surface area (Å²) in [6.45, 7) is 0.433. The zero-order valence-electron chi connectivity index (χ0n) is 14.2. The maximum atomic E-state index is 13.2. The van der Waals surface area contributed by atoms with Gasteiger partial charge < -0.3 is 5.11 Å². The molecular weight excluding hydrogens is 404 g/mol. The Labute approximate surface area is 166 Å².